The standard InChI is InChI=1S/C23H31ClN4O5/c1-4-23(5-2,14(3)29)27-19(30)13-25-28(22(27)33)16-10-11-18(24)17(12-16)21(32)26-20(31)15-8-6-7-9-15/h10-15,20,29,31H,4-9H2,1-3H3,(H,26,32). The molecule has 33 heavy (non-hydrogen) atoms. The number of aliphatic hydroxyl groups excluding tert-OH is 2. The lowest BCUT2D eigenvalue weighted by Crippen LogP contribution is -2.56. The van der Waals surface area contributed by atoms with Crippen molar-refractivity contribution < 1.29 is 15.0 Å². The average molecular weight is 479 g/mol. The van der Waals surface area contributed by atoms with Gasteiger partial charge < -0.3 is 15.5 Å². The summed E-state index contributed by atoms with van der Waals surface area (Å²) in [5.41, 5.74) is -2.15. The van der Waals surface area contributed by atoms with Crippen LogP contribution in [0, 0.1) is 5.92 Å². The molecule has 0 spiro atoms. The Morgan fingerprint density at radius 1 is 1.24 bits per heavy atom. The maximum atomic E-state index is 13.4. The Balaban J connectivity index is 2.03. The first-order chi connectivity index (χ1) is 15.7. The van der Waals surface area contributed by atoms with Crippen LogP contribution in [0.4, 0.5) is 0 Å². The molecule has 1 aliphatic carbocycles. The zero-order valence-electron chi connectivity index (χ0n) is 19.1. The number of aliphatic hydroxyl groups is 2. The largest absolute Gasteiger partial charge is 0.391 e. The molecule has 0 bridgehead atoms. The normalized spacial score (nSPS) is 16.5. The van der Waals surface area contributed by atoms with E-state index in [0.29, 0.717) is 12.8 Å². The molecule has 0 radical (unpaired) electrons. The zero-order valence-corrected chi connectivity index (χ0v) is 19.9. The number of benzene rings is 1. The predicted molar refractivity (Wildman–Crippen MR) is 125 cm³/mol. The van der Waals surface area contributed by atoms with Gasteiger partial charge in [0, 0.05) is 5.92 Å². The number of aromatic nitrogens is 3. The van der Waals surface area contributed by atoms with Gasteiger partial charge in [-0.25, -0.2) is 9.36 Å². The lowest BCUT2D eigenvalue weighted by atomic mass is 9.87. The molecule has 3 rings (SSSR count). The lowest BCUT2D eigenvalue weighted by molar-refractivity contribution is 0.0332. The van der Waals surface area contributed by atoms with E-state index >= 15 is 0 Å². The minimum absolute atomic E-state index is 0.000401. The van der Waals surface area contributed by atoms with E-state index in [2.05, 4.69) is 10.4 Å². The molecule has 9 nitrogen and oxygen atoms in total. The third-order valence-electron chi connectivity index (χ3n) is 6.89. The Morgan fingerprint density at radius 2 is 1.88 bits per heavy atom. The van der Waals surface area contributed by atoms with E-state index < -0.39 is 35.0 Å². The second-order valence-corrected chi connectivity index (χ2v) is 9.03. The van der Waals surface area contributed by atoms with E-state index in [0.717, 1.165) is 41.1 Å². The number of halogens is 1. The first-order valence-electron chi connectivity index (χ1n) is 11.3. The Kier molecular flexibility index (Phi) is 7.76. The van der Waals surface area contributed by atoms with Crippen molar-refractivity contribution in [2.45, 2.75) is 77.2 Å². The number of carbonyl (C=O) groups excluding carboxylic acids is 1. The van der Waals surface area contributed by atoms with Crippen molar-refractivity contribution in [1.29, 1.82) is 0 Å². The van der Waals surface area contributed by atoms with Gasteiger partial charge in [-0.3, -0.25) is 9.59 Å². The number of nitrogens with one attached hydrogen (secondary N) is 1. The molecule has 0 aliphatic heterocycles. The van der Waals surface area contributed by atoms with Gasteiger partial charge in [-0.1, -0.05) is 38.3 Å². The number of rotatable bonds is 8. The van der Waals surface area contributed by atoms with Crippen LogP contribution >= 0.6 is 11.6 Å². The van der Waals surface area contributed by atoms with Crippen LogP contribution in [0.2, 0.25) is 5.02 Å². The lowest BCUT2D eigenvalue weighted by Gasteiger charge is -2.36. The summed E-state index contributed by atoms with van der Waals surface area (Å²) in [4.78, 5) is 38.8. The summed E-state index contributed by atoms with van der Waals surface area (Å²) in [5, 5.41) is 27.5. The van der Waals surface area contributed by atoms with E-state index in [-0.39, 0.29) is 22.2 Å². The molecule has 2 aromatic rings. The zero-order chi connectivity index (χ0) is 24.3. The smallest absolute Gasteiger partial charge is 0.352 e. The molecule has 1 aliphatic rings. The Bertz CT molecular complexity index is 1120. The van der Waals surface area contributed by atoms with Gasteiger partial charge in [-0.05, 0) is 50.8 Å². The highest BCUT2D eigenvalue weighted by Gasteiger charge is 2.37. The third kappa shape index (κ3) is 4.76. The maximum absolute atomic E-state index is 13.4. The molecule has 3 N–H and O–H groups in total. The van der Waals surface area contributed by atoms with Crippen LogP contribution in [0.15, 0.2) is 34.0 Å². The highest BCUT2D eigenvalue weighted by molar-refractivity contribution is 6.33. The highest BCUT2D eigenvalue weighted by atomic mass is 35.5. The molecule has 0 saturated heterocycles. The molecule has 1 aromatic carbocycles. The fraction of sp³-hybridized carbons (Fsp3) is 0.565. The van der Waals surface area contributed by atoms with Crippen LogP contribution in [-0.2, 0) is 5.54 Å². The monoisotopic (exact) mass is 478 g/mol. The Hall–Kier alpha value is -2.49. The molecule has 1 aromatic heterocycles. The second-order valence-electron chi connectivity index (χ2n) is 8.63. The van der Waals surface area contributed by atoms with Crippen molar-refractivity contribution in [3.63, 3.8) is 0 Å². The summed E-state index contributed by atoms with van der Waals surface area (Å²) in [7, 11) is 0. The molecular weight excluding hydrogens is 448 g/mol. The fourth-order valence-electron chi connectivity index (χ4n) is 4.76. The summed E-state index contributed by atoms with van der Waals surface area (Å²) in [6.07, 6.45) is 3.50. The van der Waals surface area contributed by atoms with Gasteiger partial charge in [0.2, 0.25) is 0 Å². The van der Waals surface area contributed by atoms with E-state index in [1.54, 1.807) is 20.8 Å². The van der Waals surface area contributed by atoms with Crippen LogP contribution in [0.3, 0.4) is 0 Å². The van der Waals surface area contributed by atoms with Gasteiger partial charge in [0.15, 0.2) is 0 Å². The minimum atomic E-state index is -1.10. The Morgan fingerprint density at radius 3 is 2.45 bits per heavy atom. The summed E-state index contributed by atoms with van der Waals surface area (Å²) >= 11 is 6.24. The highest BCUT2D eigenvalue weighted by Crippen LogP contribution is 2.28. The first-order valence-corrected chi connectivity index (χ1v) is 11.7. The van der Waals surface area contributed by atoms with Crippen molar-refractivity contribution in [3.8, 4) is 5.69 Å². The molecule has 1 amide bonds. The van der Waals surface area contributed by atoms with E-state index in [1.165, 1.54) is 18.2 Å². The van der Waals surface area contributed by atoms with Crippen molar-refractivity contribution in [3.05, 3.63) is 55.8 Å². The van der Waals surface area contributed by atoms with Crippen molar-refractivity contribution in [1.82, 2.24) is 19.7 Å². The third-order valence-corrected chi connectivity index (χ3v) is 7.22. The molecule has 1 saturated carbocycles. The van der Waals surface area contributed by atoms with Gasteiger partial charge >= 0.3 is 5.69 Å². The van der Waals surface area contributed by atoms with Crippen LogP contribution in [0.25, 0.3) is 5.69 Å². The minimum Gasteiger partial charge on any atom is -0.391 e. The van der Waals surface area contributed by atoms with Crippen LogP contribution in [-0.4, -0.2) is 42.8 Å². The van der Waals surface area contributed by atoms with Crippen molar-refractivity contribution in [2.75, 3.05) is 0 Å². The quantitative estimate of drug-likeness (QED) is 0.499. The van der Waals surface area contributed by atoms with Crippen LogP contribution in [0.1, 0.15) is 69.7 Å². The van der Waals surface area contributed by atoms with Gasteiger partial charge in [-0.2, -0.15) is 9.78 Å². The van der Waals surface area contributed by atoms with Gasteiger partial charge in [0.25, 0.3) is 11.5 Å². The molecule has 10 heteroatoms. The van der Waals surface area contributed by atoms with Crippen LogP contribution < -0.4 is 16.6 Å². The molecular formula is C23H31ClN4O5. The van der Waals surface area contributed by atoms with E-state index in [9.17, 15) is 24.6 Å². The number of carbonyl (C=O) groups is 1. The Labute approximate surface area is 197 Å². The summed E-state index contributed by atoms with van der Waals surface area (Å²) in [6.45, 7) is 5.14. The summed E-state index contributed by atoms with van der Waals surface area (Å²) in [6, 6.07) is 4.36. The van der Waals surface area contributed by atoms with Crippen LogP contribution in [0.5, 0.6) is 0 Å². The van der Waals surface area contributed by atoms with Crippen molar-refractivity contribution in [2.24, 2.45) is 5.92 Å². The van der Waals surface area contributed by atoms with Gasteiger partial charge in [-0.15, -0.1) is 0 Å². The molecule has 2 unspecified atom stereocenters. The number of amides is 1. The maximum Gasteiger partial charge on any atom is 0.352 e. The molecule has 2 atom stereocenters. The van der Waals surface area contributed by atoms with E-state index in [4.69, 9.17) is 11.6 Å². The first kappa shape index (κ1) is 25.1. The number of nitrogens with zero attached hydrogens (tertiary/aromatic N) is 3. The molecule has 1 heterocycles. The second kappa shape index (κ2) is 10.2. The fourth-order valence-corrected chi connectivity index (χ4v) is 4.96. The predicted octanol–water partition coefficient (Wildman–Crippen LogP) is 2.18. The number of hydrogen-bond acceptors (Lipinski definition) is 6. The summed E-state index contributed by atoms with van der Waals surface area (Å²) < 4.78 is 2.03. The molecule has 180 valence electrons. The SMILES string of the molecule is CCC(CC)(C(C)O)n1c(=O)cnn(-c2ccc(Cl)c(C(=O)NC(O)C3CCCC3)c2)c1=O. The van der Waals surface area contributed by atoms with Crippen molar-refractivity contribution >= 4 is 17.5 Å². The number of hydrogen-bond donors (Lipinski definition) is 3. The van der Waals surface area contributed by atoms with E-state index in [1.807, 2.05) is 0 Å². The van der Waals surface area contributed by atoms with Gasteiger partial charge in [0.1, 0.15) is 12.4 Å². The molecule has 1 fully saturated rings. The average Bonchev–Trinajstić information content (AvgIpc) is 3.32. The topological polar surface area (TPSA) is 126 Å². The summed E-state index contributed by atoms with van der Waals surface area (Å²) in [5.74, 6) is -0.566. The van der Waals surface area contributed by atoms with Gasteiger partial charge in [0.05, 0.1) is 27.9 Å².